The first-order valence-electron chi connectivity index (χ1n) is 7.72. The van der Waals surface area contributed by atoms with Crippen LogP contribution in [0.15, 0.2) is 0 Å². The van der Waals surface area contributed by atoms with Crippen LogP contribution in [0.1, 0.15) is 38.5 Å². The van der Waals surface area contributed by atoms with Gasteiger partial charge in [0.15, 0.2) is 0 Å². The van der Waals surface area contributed by atoms with Crippen molar-refractivity contribution in [2.24, 2.45) is 23.5 Å². The third kappa shape index (κ3) is 2.00. The van der Waals surface area contributed by atoms with Gasteiger partial charge in [-0.3, -0.25) is 4.90 Å². The van der Waals surface area contributed by atoms with E-state index >= 15 is 0 Å². The Morgan fingerprint density at radius 2 is 2.22 bits per heavy atom. The lowest BCUT2D eigenvalue weighted by Crippen LogP contribution is -2.60. The third-order valence-corrected chi connectivity index (χ3v) is 5.85. The van der Waals surface area contributed by atoms with Crippen LogP contribution in [-0.2, 0) is 4.74 Å². The summed E-state index contributed by atoms with van der Waals surface area (Å²) in [5, 5.41) is 0. The molecule has 18 heavy (non-hydrogen) atoms. The van der Waals surface area contributed by atoms with Crippen LogP contribution in [0.5, 0.6) is 0 Å². The van der Waals surface area contributed by atoms with Crippen molar-refractivity contribution in [1.29, 1.82) is 0 Å². The average Bonchev–Trinajstić information content (AvgIpc) is 3.00. The summed E-state index contributed by atoms with van der Waals surface area (Å²) in [4.78, 5) is 2.75. The van der Waals surface area contributed by atoms with Gasteiger partial charge in [0, 0.05) is 25.7 Å². The van der Waals surface area contributed by atoms with Gasteiger partial charge in [-0.1, -0.05) is 6.42 Å². The van der Waals surface area contributed by atoms with Crippen LogP contribution in [-0.4, -0.2) is 43.8 Å². The fourth-order valence-electron chi connectivity index (χ4n) is 5.02. The van der Waals surface area contributed by atoms with E-state index in [1.807, 2.05) is 7.11 Å². The SMILES string of the molecule is COCC1CCCN(C2(CN)CC3CCC2C3)C1. The van der Waals surface area contributed by atoms with Crippen molar-refractivity contribution in [1.82, 2.24) is 4.90 Å². The summed E-state index contributed by atoms with van der Waals surface area (Å²) in [6, 6.07) is 0. The Balaban J connectivity index is 1.72. The zero-order valence-corrected chi connectivity index (χ0v) is 11.7. The molecule has 0 aromatic heterocycles. The zero-order valence-electron chi connectivity index (χ0n) is 11.7. The molecule has 104 valence electrons. The molecule has 1 aliphatic heterocycles. The maximum absolute atomic E-state index is 6.23. The first-order chi connectivity index (χ1) is 8.78. The molecule has 3 nitrogen and oxygen atoms in total. The molecule has 4 unspecified atom stereocenters. The first kappa shape index (κ1) is 12.9. The highest BCUT2D eigenvalue weighted by molar-refractivity contribution is 5.08. The number of nitrogens with zero attached hydrogens (tertiary/aromatic N) is 1. The van der Waals surface area contributed by atoms with E-state index in [9.17, 15) is 0 Å². The maximum atomic E-state index is 6.23. The lowest BCUT2D eigenvalue weighted by molar-refractivity contribution is -0.00783. The summed E-state index contributed by atoms with van der Waals surface area (Å²) in [7, 11) is 1.83. The van der Waals surface area contributed by atoms with Gasteiger partial charge in [0.05, 0.1) is 6.61 Å². The highest BCUT2D eigenvalue weighted by Crippen LogP contribution is 2.53. The first-order valence-corrected chi connectivity index (χ1v) is 7.72. The maximum Gasteiger partial charge on any atom is 0.0502 e. The van der Waals surface area contributed by atoms with Crippen molar-refractivity contribution in [3.63, 3.8) is 0 Å². The Kier molecular flexibility index (Phi) is 3.65. The second-order valence-electron chi connectivity index (χ2n) is 6.80. The summed E-state index contributed by atoms with van der Waals surface area (Å²) < 4.78 is 5.36. The molecule has 3 aliphatic rings. The van der Waals surface area contributed by atoms with Gasteiger partial charge in [-0.15, -0.1) is 0 Å². The van der Waals surface area contributed by atoms with Crippen molar-refractivity contribution in [3.05, 3.63) is 0 Å². The summed E-state index contributed by atoms with van der Waals surface area (Å²) in [5.74, 6) is 2.58. The van der Waals surface area contributed by atoms with E-state index in [4.69, 9.17) is 10.5 Å². The van der Waals surface area contributed by atoms with E-state index in [-0.39, 0.29) is 0 Å². The summed E-state index contributed by atoms with van der Waals surface area (Å²) >= 11 is 0. The van der Waals surface area contributed by atoms with E-state index in [1.54, 1.807) is 0 Å². The van der Waals surface area contributed by atoms with Crippen LogP contribution in [0.4, 0.5) is 0 Å². The minimum absolute atomic E-state index is 0.356. The number of hydrogen-bond donors (Lipinski definition) is 1. The molecule has 2 saturated carbocycles. The molecule has 3 heteroatoms. The second kappa shape index (κ2) is 5.10. The Morgan fingerprint density at radius 3 is 2.83 bits per heavy atom. The highest BCUT2D eigenvalue weighted by Gasteiger charge is 2.53. The van der Waals surface area contributed by atoms with E-state index in [2.05, 4.69) is 4.90 Å². The standard InChI is InChI=1S/C15H28N2O/c1-18-10-13-3-2-6-17(9-13)15(11-16)8-12-4-5-14(15)7-12/h12-14H,2-11,16H2,1H3. The van der Waals surface area contributed by atoms with Gasteiger partial charge in [-0.05, 0) is 56.4 Å². The molecule has 3 rings (SSSR count). The van der Waals surface area contributed by atoms with Crippen LogP contribution >= 0.6 is 0 Å². The van der Waals surface area contributed by atoms with Crippen LogP contribution in [0.2, 0.25) is 0 Å². The Hall–Kier alpha value is -0.120. The smallest absolute Gasteiger partial charge is 0.0502 e. The van der Waals surface area contributed by atoms with Crippen molar-refractivity contribution < 1.29 is 4.74 Å². The number of rotatable bonds is 4. The minimum Gasteiger partial charge on any atom is -0.384 e. The number of methoxy groups -OCH3 is 1. The fraction of sp³-hybridized carbons (Fsp3) is 1.00. The van der Waals surface area contributed by atoms with E-state index in [0.717, 1.165) is 30.9 Å². The lowest BCUT2D eigenvalue weighted by Gasteiger charge is -2.49. The van der Waals surface area contributed by atoms with Gasteiger partial charge in [-0.2, -0.15) is 0 Å². The van der Waals surface area contributed by atoms with Gasteiger partial charge in [0.25, 0.3) is 0 Å². The van der Waals surface area contributed by atoms with Crippen LogP contribution in [0.25, 0.3) is 0 Å². The monoisotopic (exact) mass is 252 g/mol. The normalized spacial score (nSPS) is 44.7. The molecule has 1 heterocycles. The van der Waals surface area contributed by atoms with Crippen LogP contribution < -0.4 is 5.73 Å². The predicted molar refractivity (Wildman–Crippen MR) is 73.4 cm³/mol. The molecular weight excluding hydrogens is 224 g/mol. The molecule has 0 aromatic carbocycles. The Bertz CT molecular complexity index is 294. The van der Waals surface area contributed by atoms with Crippen LogP contribution in [0.3, 0.4) is 0 Å². The van der Waals surface area contributed by atoms with E-state index in [1.165, 1.54) is 51.6 Å². The molecule has 2 N–H and O–H groups in total. The molecule has 0 radical (unpaired) electrons. The number of nitrogens with two attached hydrogens (primary N) is 1. The molecular formula is C15H28N2O. The molecule has 0 spiro atoms. The summed E-state index contributed by atoms with van der Waals surface area (Å²) in [6.07, 6.45) is 8.36. The number of hydrogen-bond acceptors (Lipinski definition) is 3. The average molecular weight is 252 g/mol. The Labute approximate surface area is 111 Å². The number of piperidine rings is 1. The minimum atomic E-state index is 0.356. The van der Waals surface area contributed by atoms with Crippen molar-refractivity contribution >= 4 is 0 Å². The zero-order chi connectivity index (χ0) is 12.6. The summed E-state index contributed by atoms with van der Waals surface area (Å²) in [5.41, 5.74) is 6.59. The van der Waals surface area contributed by atoms with Gasteiger partial charge in [0.2, 0.25) is 0 Å². The number of ether oxygens (including phenoxy) is 1. The van der Waals surface area contributed by atoms with Crippen molar-refractivity contribution in [2.45, 2.75) is 44.1 Å². The molecule has 4 atom stereocenters. The van der Waals surface area contributed by atoms with Crippen molar-refractivity contribution in [2.75, 3.05) is 33.4 Å². The number of likely N-dealkylation sites (tertiary alicyclic amines) is 1. The van der Waals surface area contributed by atoms with Gasteiger partial charge in [0.1, 0.15) is 0 Å². The quantitative estimate of drug-likeness (QED) is 0.830. The van der Waals surface area contributed by atoms with Gasteiger partial charge < -0.3 is 10.5 Å². The van der Waals surface area contributed by atoms with E-state index < -0.39 is 0 Å². The topological polar surface area (TPSA) is 38.5 Å². The predicted octanol–water partition coefficient (Wildman–Crippen LogP) is 1.86. The highest BCUT2D eigenvalue weighted by atomic mass is 16.5. The largest absolute Gasteiger partial charge is 0.384 e. The van der Waals surface area contributed by atoms with E-state index in [0.29, 0.717) is 5.54 Å². The third-order valence-electron chi connectivity index (χ3n) is 5.85. The van der Waals surface area contributed by atoms with Gasteiger partial charge >= 0.3 is 0 Å². The van der Waals surface area contributed by atoms with Crippen molar-refractivity contribution in [3.8, 4) is 0 Å². The molecule has 2 bridgehead atoms. The number of fused-ring (bicyclic) bond motifs is 2. The fourth-order valence-corrected chi connectivity index (χ4v) is 5.02. The molecule has 3 fully saturated rings. The lowest BCUT2D eigenvalue weighted by atomic mass is 9.77. The summed E-state index contributed by atoms with van der Waals surface area (Å²) in [6.45, 7) is 4.27. The molecule has 1 saturated heterocycles. The molecule has 0 amide bonds. The second-order valence-corrected chi connectivity index (χ2v) is 6.80. The van der Waals surface area contributed by atoms with Crippen LogP contribution in [0, 0.1) is 17.8 Å². The molecule has 2 aliphatic carbocycles. The van der Waals surface area contributed by atoms with Gasteiger partial charge in [-0.25, -0.2) is 0 Å². The molecule has 0 aromatic rings. The Morgan fingerprint density at radius 1 is 1.33 bits per heavy atom.